The highest BCUT2D eigenvalue weighted by molar-refractivity contribution is 9.10. The Balaban J connectivity index is 2.18. The number of amides is 1. The summed E-state index contributed by atoms with van der Waals surface area (Å²) in [5.74, 6) is 0.147. The summed E-state index contributed by atoms with van der Waals surface area (Å²) < 4.78 is 0.809. The van der Waals surface area contributed by atoms with Gasteiger partial charge in [0.2, 0.25) is 0 Å². The molecule has 3 nitrogen and oxygen atoms in total. The van der Waals surface area contributed by atoms with Crippen molar-refractivity contribution in [2.45, 2.75) is 19.8 Å². The lowest BCUT2D eigenvalue weighted by molar-refractivity contribution is 0.102. The average molecular weight is 360 g/mol. The predicted octanol–water partition coefficient (Wildman–Crippen LogP) is 4.93. The van der Waals surface area contributed by atoms with Gasteiger partial charge in [0.1, 0.15) is 0 Å². The molecule has 0 atom stereocenters. The zero-order chi connectivity index (χ0) is 14.0. The first kappa shape index (κ1) is 14.5. The predicted molar refractivity (Wildman–Crippen MR) is 83.3 cm³/mol. The molecule has 2 rings (SSSR count). The van der Waals surface area contributed by atoms with Crippen LogP contribution in [0.3, 0.4) is 0 Å². The Labute approximate surface area is 129 Å². The van der Waals surface area contributed by atoms with Crippen molar-refractivity contribution >= 4 is 49.9 Å². The lowest BCUT2D eigenvalue weighted by Crippen LogP contribution is -2.12. The van der Waals surface area contributed by atoms with Crippen LogP contribution in [0.5, 0.6) is 0 Å². The summed E-state index contributed by atoms with van der Waals surface area (Å²) in [6.45, 7) is 4.18. The van der Waals surface area contributed by atoms with Crippen molar-refractivity contribution in [3.05, 3.63) is 44.3 Å². The van der Waals surface area contributed by atoms with Crippen LogP contribution in [0.4, 0.5) is 5.13 Å². The molecule has 1 heterocycles. The highest BCUT2D eigenvalue weighted by Crippen LogP contribution is 2.27. The monoisotopic (exact) mass is 358 g/mol. The lowest BCUT2D eigenvalue weighted by Gasteiger charge is -2.04. The summed E-state index contributed by atoms with van der Waals surface area (Å²) in [6, 6.07) is 5.16. The van der Waals surface area contributed by atoms with Gasteiger partial charge in [-0.15, -0.1) is 11.3 Å². The van der Waals surface area contributed by atoms with E-state index in [4.69, 9.17) is 11.6 Å². The molecule has 0 aliphatic rings. The van der Waals surface area contributed by atoms with E-state index >= 15 is 0 Å². The Morgan fingerprint density at radius 2 is 2.21 bits per heavy atom. The molecule has 0 saturated heterocycles. The van der Waals surface area contributed by atoms with Gasteiger partial charge in [-0.3, -0.25) is 10.1 Å². The third-order valence-electron chi connectivity index (χ3n) is 2.49. The van der Waals surface area contributed by atoms with E-state index in [-0.39, 0.29) is 5.91 Å². The van der Waals surface area contributed by atoms with E-state index in [1.165, 1.54) is 11.3 Å². The first-order valence-corrected chi connectivity index (χ1v) is 7.68. The van der Waals surface area contributed by atoms with Crippen LogP contribution in [-0.4, -0.2) is 10.9 Å². The first-order valence-electron chi connectivity index (χ1n) is 5.69. The van der Waals surface area contributed by atoms with Crippen LogP contribution < -0.4 is 5.32 Å². The van der Waals surface area contributed by atoms with Crippen LogP contribution in [0.25, 0.3) is 0 Å². The van der Waals surface area contributed by atoms with Gasteiger partial charge in [0.05, 0.1) is 10.6 Å². The Hall–Kier alpha value is -0.910. The fourth-order valence-electron chi connectivity index (χ4n) is 1.45. The van der Waals surface area contributed by atoms with Crippen molar-refractivity contribution in [2.24, 2.45) is 0 Å². The molecule has 0 aliphatic heterocycles. The van der Waals surface area contributed by atoms with Crippen LogP contribution in [0.15, 0.2) is 28.9 Å². The van der Waals surface area contributed by atoms with Crippen LogP contribution in [0.1, 0.15) is 35.0 Å². The summed E-state index contributed by atoms with van der Waals surface area (Å²) in [6.07, 6.45) is 1.79. The number of anilines is 1. The fourth-order valence-corrected chi connectivity index (χ4v) is 2.83. The average Bonchev–Trinajstić information content (AvgIpc) is 2.80. The fraction of sp³-hybridized carbons (Fsp3) is 0.231. The quantitative estimate of drug-likeness (QED) is 0.844. The number of thiazole rings is 1. The van der Waals surface area contributed by atoms with Crippen LogP contribution >= 0.6 is 38.9 Å². The minimum absolute atomic E-state index is 0.254. The molecule has 1 N–H and O–H groups in total. The summed E-state index contributed by atoms with van der Waals surface area (Å²) in [4.78, 5) is 17.4. The lowest BCUT2D eigenvalue weighted by atomic mass is 10.2. The van der Waals surface area contributed by atoms with E-state index in [1.807, 2.05) is 0 Å². The Morgan fingerprint density at radius 1 is 1.47 bits per heavy atom. The molecule has 0 radical (unpaired) electrons. The van der Waals surface area contributed by atoms with E-state index in [0.29, 0.717) is 21.6 Å². The van der Waals surface area contributed by atoms with Gasteiger partial charge in [-0.2, -0.15) is 0 Å². The Bertz CT molecular complexity index is 612. The molecule has 1 aromatic heterocycles. The van der Waals surface area contributed by atoms with Gasteiger partial charge in [-0.1, -0.05) is 41.4 Å². The van der Waals surface area contributed by atoms with Crippen molar-refractivity contribution in [1.29, 1.82) is 0 Å². The molecule has 0 bridgehead atoms. The van der Waals surface area contributed by atoms with Crippen molar-refractivity contribution in [3.63, 3.8) is 0 Å². The second kappa shape index (κ2) is 6.03. The number of carbonyl (C=O) groups excluding carboxylic acids is 1. The standard InChI is InChI=1S/C13H12BrClN2OS/c1-7(2)11-6-16-13(19-11)17-12(18)9-5-8(14)3-4-10(9)15/h3-7H,1-2H3,(H,16,17,18). The molecule has 0 spiro atoms. The summed E-state index contributed by atoms with van der Waals surface area (Å²) in [7, 11) is 0. The third-order valence-corrected chi connectivity index (χ3v) is 4.52. The summed E-state index contributed by atoms with van der Waals surface area (Å²) in [5.41, 5.74) is 0.428. The van der Waals surface area contributed by atoms with Crippen LogP contribution in [0, 0.1) is 0 Å². The number of aromatic nitrogens is 1. The number of benzene rings is 1. The van der Waals surface area contributed by atoms with E-state index in [1.54, 1.807) is 24.4 Å². The number of rotatable bonds is 3. The molecule has 2 aromatic rings. The number of halogens is 2. The molecule has 0 aliphatic carbocycles. The zero-order valence-electron chi connectivity index (χ0n) is 10.4. The van der Waals surface area contributed by atoms with Gasteiger partial charge in [-0.05, 0) is 24.1 Å². The maximum atomic E-state index is 12.1. The van der Waals surface area contributed by atoms with E-state index < -0.39 is 0 Å². The number of hydrogen-bond donors (Lipinski definition) is 1. The smallest absolute Gasteiger partial charge is 0.258 e. The maximum Gasteiger partial charge on any atom is 0.258 e. The van der Waals surface area contributed by atoms with E-state index in [2.05, 4.69) is 40.1 Å². The molecule has 100 valence electrons. The number of nitrogens with zero attached hydrogens (tertiary/aromatic N) is 1. The molecule has 1 amide bonds. The number of hydrogen-bond acceptors (Lipinski definition) is 3. The minimum atomic E-state index is -0.254. The van der Waals surface area contributed by atoms with Crippen LogP contribution in [-0.2, 0) is 0 Å². The van der Waals surface area contributed by atoms with Gasteiger partial charge < -0.3 is 0 Å². The maximum absolute atomic E-state index is 12.1. The van der Waals surface area contributed by atoms with Gasteiger partial charge in [0, 0.05) is 15.5 Å². The third kappa shape index (κ3) is 3.55. The normalized spacial score (nSPS) is 10.8. The largest absolute Gasteiger partial charge is 0.298 e. The highest BCUT2D eigenvalue weighted by Gasteiger charge is 2.13. The van der Waals surface area contributed by atoms with Crippen LogP contribution in [0.2, 0.25) is 5.02 Å². The molecule has 19 heavy (non-hydrogen) atoms. The number of nitrogens with one attached hydrogen (secondary N) is 1. The zero-order valence-corrected chi connectivity index (χ0v) is 13.6. The summed E-state index contributed by atoms with van der Waals surface area (Å²) in [5, 5.41) is 3.77. The van der Waals surface area contributed by atoms with E-state index in [0.717, 1.165) is 9.35 Å². The second-order valence-electron chi connectivity index (χ2n) is 4.30. The topological polar surface area (TPSA) is 42.0 Å². The first-order chi connectivity index (χ1) is 8.97. The van der Waals surface area contributed by atoms with Crippen molar-refractivity contribution in [2.75, 3.05) is 5.32 Å². The molecule has 0 saturated carbocycles. The molecular weight excluding hydrogens is 348 g/mol. The van der Waals surface area contributed by atoms with Crippen molar-refractivity contribution in [1.82, 2.24) is 4.98 Å². The molecule has 6 heteroatoms. The minimum Gasteiger partial charge on any atom is -0.298 e. The Morgan fingerprint density at radius 3 is 2.84 bits per heavy atom. The van der Waals surface area contributed by atoms with E-state index in [9.17, 15) is 4.79 Å². The second-order valence-corrected chi connectivity index (χ2v) is 6.69. The Kier molecular flexibility index (Phi) is 4.60. The van der Waals surface area contributed by atoms with Crippen molar-refractivity contribution < 1.29 is 4.79 Å². The van der Waals surface area contributed by atoms with Crippen molar-refractivity contribution in [3.8, 4) is 0 Å². The molecule has 0 unspecified atom stereocenters. The number of carbonyl (C=O) groups is 1. The van der Waals surface area contributed by atoms with Gasteiger partial charge in [0.15, 0.2) is 5.13 Å². The highest BCUT2D eigenvalue weighted by atomic mass is 79.9. The SMILES string of the molecule is CC(C)c1cnc(NC(=O)c2cc(Br)ccc2Cl)s1. The summed E-state index contributed by atoms with van der Waals surface area (Å²) >= 11 is 10.8. The molecule has 1 aromatic carbocycles. The van der Waals surface area contributed by atoms with Gasteiger partial charge in [-0.25, -0.2) is 4.98 Å². The molecule has 0 fully saturated rings. The molecular formula is C13H12BrClN2OS. The van der Waals surface area contributed by atoms with Gasteiger partial charge >= 0.3 is 0 Å². The van der Waals surface area contributed by atoms with Gasteiger partial charge in [0.25, 0.3) is 5.91 Å².